The second-order valence-corrected chi connectivity index (χ2v) is 6.43. The molecule has 0 rings (SSSR count). The molecule has 0 aromatic rings. The number of rotatable bonds is 10. The van der Waals surface area contributed by atoms with Crippen LogP contribution in [0.2, 0.25) is 0 Å². The first-order valence-electron chi connectivity index (χ1n) is 8.30. The molecule has 0 atom stereocenters. The molecule has 0 radical (unpaired) electrons. The van der Waals surface area contributed by atoms with E-state index in [0.717, 1.165) is 31.3 Å². The highest BCUT2D eigenvalue weighted by Crippen LogP contribution is 2.14. The molecule has 0 spiro atoms. The molecule has 23 heavy (non-hydrogen) atoms. The molecule has 0 aliphatic heterocycles. The zero-order valence-electron chi connectivity index (χ0n) is 15.2. The summed E-state index contributed by atoms with van der Waals surface area (Å²) in [7, 11) is 0. The number of hydrogen-bond acceptors (Lipinski definition) is 2. The summed E-state index contributed by atoms with van der Waals surface area (Å²) >= 11 is 0. The lowest BCUT2D eigenvalue weighted by Crippen LogP contribution is -2.06. The van der Waals surface area contributed by atoms with Gasteiger partial charge in [0.2, 0.25) is 0 Å². The van der Waals surface area contributed by atoms with Gasteiger partial charge in [-0.25, -0.2) is 4.79 Å². The first-order chi connectivity index (χ1) is 10.8. The van der Waals surface area contributed by atoms with Crippen molar-refractivity contribution in [3.05, 3.63) is 46.6 Å². The van der Waals surface area contributed by atoms with Crippen LogP contribution in [0.3, 0.4) is 0 Å². The Balaban J connectivity index is 4.39. The molecule has 130 valence electrons. The Morgan fingerprint density at radius 3 is 1.91 bits per heavy atom. The summed E-state index contributed by atoms with van der Waals surface area (Å²) in [6, 6.07) is 0. The van der Waals surface area contributed by atoms with Crippen LogP contribution in [0, 0.1) is 5.92 Å². The van der Waals surface area contributed by atoms with E-state index in [1.54, 1.807) is 6.08 Å². The largest absolute Gasteiger partial charge is 0.478 e. The number of hydrogen-bond donors (Lipinski definition) is 2. The lowest BCUT2D eigenvalue weighted by molar-refractivity contribution is -0.133. The van der Waals surface area contributed by atoms with Crippen molar-refractivity contribution < 1.29 is 15.0 Å². The molecule has 0 unspecified atom stereocenters. The summed E-state index contributed by atoms with van der Waals surface area (Å²) in [5, 5.41) is 18.0. The quantitative estimate of drug-likeness (QED) is 0.336. The van der Waals surface area contributed by atoms with Crippen molar-refractivity contribution in [3.63, 3.8) is 0 Å². The van der Waals surface area contributed by atoms with Crippen LogP contribution in [0.15, 0.2) is 46.6 Å². The van der Waals surface area contributed by atoms with Crippen molar-refractivity contribution in [3.8, 4) is 0 Å². The molecule has 3 heteroatoms. The van der Waals surface area contributed by atoms with E-state index in [9.17, 15) is 4.79 Å². The fourth-order valence-corrected chi connectivity index (χ4v) is 2.09. The van der Waals surface area contributed by atoms with Gasteiger partial charge < -0.3 is 10.2 Å². The van der Waals surface area contributed by atoms with Crippen LogP contribution in [-0.2, 0) is 4.79 Å². The number of carbonyl (C=O) groups is 1. The number of allylic oxidation sites excluding steroid dienone is 6. The van der Waals surface area contributed by atoms with Gasteiger partial charge in [0.15, 0.2) is 0 Å². The third kappa shape index (κ3) is 10.7. The highest BCUT2D eigenvalue weighted by atomic mass is 16.4. The zero-order chi connectivity index (χ0) is 17.8. The standard InChI is InChI=1S/C20H32O3/c1-15(2)19(20(22)23)13-12-17(4)10-6-8-16(3)9-7-11-18(5)14-21/h8,11-13,15,21H,6-7,9-10,14H2,1-5H3,(H,22,23)/b16-8+,17-12+,18-11+,19-13+. The maximum atomic E-state index is 11.1. The normalized spacial score (nSPS) is 14.6. The van der Waals surface area contributed by atoms with Crippen LogP contribution >= 0.6 is 0 Å². The van der Waals surface area contributed by atoms with Crippen molar-refractivity contribution in [1.29, 1.82) is 0 Å². The topological polar surface area (TPSA) is 57.5 Å². The molecule has 0 amide bonds. The number of carboxylic acids is 1. The Morgan fingerprint density at radius 1 is 0.913 bits per heavy atom. The maximum absolute atomic E-state index is 11.1. The van der Waals surface area contributed by atoms with Crippen LogP contribution in [0.1, 0.15) is 60.3 Å². The fourth-order valence-electron chi connectivity index (χ4n) is 2.09. The van der Waals surface area contributed by atoms with Crippen LogP contribution < -0.4 is 0 Å². The molecular weight excluding hydrogens is 288 g/mol. The van der Waals surface area contributed by atoms with Gasteiger partial charge in [0, 0.05) is 5.57 Å². The van der Waals surface area contributed by atoms with E-state index in [2.05, 4.69) is 19.1 Å². The highest BCUT2D eigenvalue weighted by Gasteiger charge is 2.09. The SMILES string of the molecule is C/C(=C\CC/C(C)=C/CC/C(C)=C/C=C(/C(=O)O)C(C)C)CO. The van der Waals surface area contributed by atoms with E-state index in [-0.39, 0.29) is 12.5 Å². The van der Waals surface area contributed by atoms with Gasteiger partial charge in [-0.2, -0.15) is 0 Å². The summed E-state index contributed by atoms with van der Waals surface area (Å²) in [6.45, 7) is 10.0. The summed E-state index contributed by atoms with van der Waals surface area (Å²) < 4.78 is 0. The fraction of sp³-hybridized carbons (Fsp3) is 0.550. The maximum Gasteiger partial charge on any atom is 0.331 e. The number of aliphatic hydroxyl groups is 1. The Kier molecular flexibility index (Phi) is 11.1. The third-order valence-corrected chi connectivity index (χ3v) is 3.73. The first kappa shape index (κ1) is 21.4. The van der Waals surface area contributed by atoms with Gasteiger partial charge in [-0.05, 0) is 52.4 Å². The van der Waals surface area contributed by atoms with Gasteiger partial charge in [0.25, 0.3) is 0 Å². The predicted molar refractivity (Wildman–Crippen MR) is 97.4 cm³/mol. The number of carboxylic acid groups (broad SMARTS) is 1. The average Bonchev–Trinajstić information content (AvgIpc) is 2.46. The monoisotopic (exact) mass is 320 g/mol. The third-order valence-electron chi connectivity index (χ3n) is 3.73. The molecule has 3 nitrogen and oxygen atoms in total. The molecular formula is C20H32O3. The lowest BCUT2D eigenvalue weighted by atomic mass is 10.0. The van der Waals surface area contributed by atoms with Crippen LogP contribution in [0.25, 0.3) is 0 Å². The van der Waals surface area contributed by atoms with Gasteiger partial charge in [0.1, 0.15) is 0 Å². The Bertz CT molecular complexity index is 491. The molecule has 2 N–H and O–H groups in total. The van der Waals surface area contributed by atoms with Crippen LogP contribution in [0.4, 0.5) is 0 Å². The molecule has 0 aliphatic rings. The Hall–Kier alpha value is -1.61. The van der Waals surface area contributed by atoms with Crippen molar-refractivity contribution in [2.75, 3.05) is 6.61 Å². The predicted octanol–water partition coefficient (Wildman–Crippen LogP) is 5.05. The van der Waals surface area contributed by atoms with Gasteiger partial charge >= 0.3 is 5.97 Å². The Morgan fingerprint density at radius 2 is 1.43 bits per heavy atom. The van der Waals surface area contributed by atoms with Crippen LogP contribution in [-0.4, -0.2) is 22.8 Å². The highest BCUT2D eigenvalue weighted by molar-refractivity contribution is 5.87. The average molecular weight is 320 g/mol. The van der Waals surface area contributed by atoms with E-state index >= 15 is 0 Å². The number of aliphatic hydroxyl groups excluding tert-OH is 1. The van der Waals surface area contributed by atoms with Crippen molar-refractivity contribution in [2.24, 2.45) is 5.92 Å². The van der Waals surface area contributed by atoms with Gasteiger partial charge in [0.05, 0.1) is 6.61 Å². The lowest BCUT2D eigenvalue weighted by Gasteiger charge is -2.05. The van der Waals surface area contributed by atoms with E-state index in [1.165, 1.54) is 11.1 Å². The molecule has 0 bridgehead atoms. The van der Waals surface area contributed by atoms with Gasteiger partial charge in [-0.3, -0.25) is 0 Å². The summed E-state index contributed by atoms with van der Waals surface area (Å²) in [5.74, 6) is -0.819. The minimum Gasteiger partial charge on any atom is -0.478 e. The Labute approximate surface area is 141 Å². The molecule has 0 fully saturated rings. The smallest absolute Gasteiger partial charge is 0.331 e. The van der Waals surface area contributed by atoms with Crippen molar-refractivity contribution in [2.45, 2.75) is 60.3 Å². The van der Waals surface area contributed by atoms with Crippen molar-refractivity contribution >= 4 is 5.97 Å². The summed E-state index contributed by atoms with van der Waals surface area (Å²) in [4.78, 5) is 11.1. The molecule has 0 aliphatic carbocycles. The molecule has 0 saturated carbocycles. The molecule has 0 aromatic carbocycles. The van der Waals surface area contributed by atoms with Gasteiger partial charge in [-0.1, -0.05) is 54.9 Å². The molecule has 0 heterocycles. The second-order valence-electron chi connectivity index (χ2n) is 6.43. The van der Waals surface area contributed by atoms with E-state index in [1.807, 2.05) is 33.8 Å². The van der Waals surface area contributed by atoms with Gasteiger partial charge in [-0.15, -0.1) is 0 Å². The summed E-state index contributed by atoms with van der Waals surface area (Å²) in [6.07, 6.45) is 11.8. The summed E-state index contributed by atoms with van der Waals surface area (Å²) in [5.41, 5.74) is 4.00. The second kappa shape index (κ2) is 11.9. The van der Waals surface area contributed by atoms with E-state index in [4.69, 9.17) is 10.2 Å². The number of aliphatic carboxylic acids is 1. The minimum absolute atomic E-state index is 0.0223. The zero-order valence-corrected chi connectivity index (χ0v) is 15.2. The molecule has 0 aromatic heterocycles. The van der Waals surface area contributed by atoms with E-state index in [0.29, 0.717) is 5.57 Å². The van der Waals surface area contributed by atoms with E-state index < -0.39 is 5.97 Å². The molecule has 0 saturated heterocycles. The van der Waals surface area contributed by atoms with Crippen molar-refractivity contribution in [1.82, 2.24) is 0 Å². The van der Waals surface area contributed by atoms with Crippen LogP contribution in [0.5, 0.6) is 0 Å². The first-order valence-corrected chi connectivity index (χ1v) is 8.30. The minimum atomic E-state index is -0.842.